The third-order valence-corrected chi connectivity index (χ3v) is 7.53. The fourth-order valence-corrected chi connectivity index (χ4v) is 6.33. The quantitative estimate of drug-likeness (QED) is 0.812. The van der Waals surface area contributed by atoms with E-state index in [2.05, 4.69) is 5.32 Å². The Hall–Kier alpha value is -2.24. The van der Waals surface area contributed by atoms with Gasteiger partial charge in [-0.25, -0.2) is 4.39 Å². The minimum absolute atomic E-state index is 0.163. The molecule has 3 saturated carbocycles. The number of rotatable bonds is 4. The van der Waals surface area contributed by atoms with Crippen LogP contribution in [0.1, 0.15) is 50.5 Å². The van der Waals surface area contributed by atoms with Crippen LogP contribution in [0.3, 0.4) is 0 Å². The second kappa shape index (κ2) is 6.39. The number of amides is 3. The molecule has 1 saturated heterocycles. The molecule has 1 heterocycles. The van der Waals surface area contributed by atoms with Crippen LogP contribution in [0.25, 0.3) is 0 Å². The van der Waals surface area contributed by atoms with Crippen molar-refractivity contribution in [1.82, 2.24) is 10.2 Å². The Balaban J connectivity index is 1.33. The van der Waals surface area contributed by atoms with Gasteiger partial charge in [0.15, 0.2) is 0 Å². The normalized spacial score (nSPS) is 32.8. The van der Waals surface area contributed by atoms with Gasteiger partial charge < -0.3 is 5.32 Å². The molecule has 6 heteroatoms. The molecule has 2 bridgehead atoms. The molecule has 28 heavy (non-hydrogen) atoms. The molecule has 0 radical (unpaired) electrons. The molecule has 1 aromatic carbocycles. The lowest BCUT2D eigenvalue weighted by molar-refractivity contribution is -0.144. The Morgan fingerprint density at radius 1 is 1.11 bits per heavy atom. The van der Waals surface area contributed by atoms with Crippen molar-refractivity contribution in [3.8, 4) is 0 Å². The van der Waals surface area contributed by atoms with Crippen molar-refractivity contribution in [2.24, 2.45) is 23.7 Å². The van der Waals surface area contributed by atoms with Crippen LogP contribution in [-0.4, -0.2) is 29.2 Å². The average Bonchev–Trinajstić information content (AvgIpc) is 3.44. The Bertz CT molecular complexity index is 820. The van der Waals surface area contributed by atoms with Crippen LogP contribution in [0.15, 0.2) is 24.3 Å². The fraction of sp³-hybridized carbons (Fsp3) is 0.591. The van der Waals surface area contributed by atoms with Gasteiger partial charge in [-0.3, -0.25) is 19.3 Å². The summed E-state index contributed by atoms with van der Waals surface area (Å²) in [7, 11) is 0. The van der Waals surface area contributed by atoms with Crippen LogP contribution in [0, 0.1) is 29.5 Å². The molecule has 4 atom stereocenters. The third-order valence-electron chi connectivity index (χ3n) is 7.53. The van der Waals surface area contributed by atoms with Crippen molar-refractivity contribution in [3.63, 3.8) is 0 Å². The minimum Gasteiger partial charge on any atom is -0.345 e. The molecule has 4 fully saturated rings. The highest BCUT2D eigenvalue weighted by molar-refractivity contribution is 6.08. The molecule has 5 nitrogen and oxygen atoms in total. The SMILES string of the molecule is O=C(CN1C(=O)C2C3CCC(C3)C2C1=O)NC1(c2cccc(F)c2)CCCC1. The van der Waals surface area contributed by atoms with E-state index in [4.69, 9.17) is 0 Å². The lowest BCUT2D eigenvalue weighted by Crippen LogP contribution is -2.49. The van der Waals surface area contributed by atoms with Crippen molar-refractivity contribution in [1.29, 1.82) is 0 Å². The Labute approximate surface area is 163 Å². The summed E-state index contributed by atoms with van der Waals surface area (Å²) in [6, 6.07) is 6.35. The van der Waals surface area contributed by atoms with Crippen LogP contribution in [-0.2, 0) is 19.9 Å². The maximum absolute atomic E-state index is 13.8. The van der Waals surface area contributed by atoms with E-state index in [1.54, 1.807) is 6.07 Å². The molecule has 0 aromatic heterocycles. The van der Waals surface area contributed by atoms with E-state index < -0.39 is 5.54 Å². The van der Waals surface area contributed by atoms with Crippen molar-refractivity contribution in [2.45, 2.75) is 50.5 Å². The molecule has 1 N–H and O–H groups in total. The summed E-state index contributed by atoms with van der Waals surface area (Å²) in [6.07, 6.45) is 6.40. The molecule has 4 aliphatic rings. The van der Waals surface area contributed by atoms with E-state index in [1.165, 1.54) is 17.0 Å². The zero-order valence-electron chi connectivity index (χ0n) is 15.8. The number of fused-ring (bicyclic) bond motifs is 5. The topological polar surface area (TPSA) is 66.5 Å². The van der Waals surface area contributed by atoms with Gasteiger partial charge in [-0.05, 0) is 61.6 Å². The molecule has 1 aliphatic heterocycles. The summed E-state index contributed by atoms with van der Waals surface area (Å²) in [5.41, 5.74) is 0.146. The number of likely N-dealkylation sites (tertiary alicyclic amines) is 1. The number of benzene rings is 1. The van der Waals surface area contributed by atoms with Gasteiger partial charge in [0.1, 0.15) is 12.4 Å². The van der Waals surface area contributed by atoms with E-state index in [-0.39, 0.29) is 41.9 Å². The van der Waals surface area contributed by atoms with Gasteiger partial charge in [0.25, 0.3) is 0 Å². The summed E-state index contributed by atoms with van der Waals surface area (Å²) in [6.45, 7) is -0.221. The summed E-state index contributed by atoms with van der Waals surface area (Å²) in [4.78, 5) is 39.7. The van der Waals surface area contributed by atoms with E-state index in [0.717, 1.165) is 50.5 Å². The lowest BCUT2D eigenvalue weighted by Gasteiger charge is -2.32. The first kappa shape index (κ1) is 17.8. The smallest absolute Gasteiger partial charge is 0.240 e. The van der Waals surface area contributed by atoms with Crippen molar-refractivity contribution in [3.05, 3.63) is 35.6 Å². The Kier molecular flexibility index (Phi) is 4.07. The highest BCUT2D eigenvalue weighted by Crippen LogP contribution is 2.56. The average molecular weight is 384 g/mol. The number of hydrogen-bond acceptors (Lipinski definition) is 3. The standard InChI is InChI=1S/C22H25FN2O3/c23-16-5-3-4-15(11-16)22(8-1-2-9-22)24-17(26)12-25-20(27)18-13-6-7-14(10-13)19(18)21(25)28/h3-5,11,13-14,18-19H,1-2,6-10,12H2,(H,24,26). The molecule has 5 rings (SSSR count). The van der Waals surface area contributed by atoms with Gasteiger partial charge >= 0.3 is 0 Å². The number of hydrogen-bond donors (Lipinski definition) is 1. The second-order valence-electron chi connectivity index (χ2n) is 9.00. The van der Waals surface area contributed by atoms with Gasteiger partial charge in [-0.1, -0.05) is 25.0 Å². The fourth-order valence-electron chi connectivity index (χ4n) is 6.33. The summed E-state index contributed by atoms with van der Waals surface area (Å²) < 4.78 is 13.8. The lowest BCUT2D eigenvalue weighted by atomic mass is 9.81. The number of imide groups is 1. The van der Waals surface area contributed by atoms with Crippen molar-refractivity contribution < 1.29 is 18.8 Å². The number of carbonyl (C=O) groups excluding carboxylic acids is 3. The highest BCUT2D eigenvalue weighted by Gasteiger charge is 2.61. The summed E-state index contributed by atoms with van der Waals surface area (Å²) in [5.74, 6) is -0.773. The van der Waals surface area contributed by atoms with Gasteiger partial charge in [0.05, 0.1) is 17.4 Å². The van der Waals surface area contributed by atoms with E-state index >= 15 is 0 Å². The highest BCUT2D eigenvalue weighted by atomic mass is 19.1. The third kappa shape index (κ3) is 2.60. The van der Waals surface area contributed by atoms with Gasteiger partial charge in [-0.15, -0.1) is 0 Å². The molecular weight excluding hydrogens is 359 g/mol. The maximum Gasteiger partial charge on any atom is 0.240 e. The first-order valence-corrected chi connectivity index (χ1v) is 10.4. The van der Waals surface area contributed by atoms with Crippen LogP contribution < -0.4 is 5.32 Å². The summed E-state index contributed by atoms with van der Waals surface area (Å²) >= 11 is 0. The number of nitrogens with zero attached hydrogens (tertiary/aromatic N) is 1. The second-order valence-corrected chi connectivity index (χ2v) is 9.00. The number of halogens is 1. The van der Waals surface area contributed by atoms with Crippen LogP contribution in [0.2, 0.25) is 0 Å². The van der Waals surface area contributed by atoms with Gasteiger partial charge in [0.2, 0.25) is 17.7 Å². The molecule has 3 aliphatic carbocycles. The van der Waals surface area contributed by atoms with Gasteiger partial charge in [0, 0.05) is 0 Å². The van der Waals surface area contributed by atoms with Crippen molar-refractivity contribution >= 4 is 17.7 Å². The zero-order valence-corrected chi connectivity index (χ0v) is 15.8. The predicted molar refractivity (Wildman–Crippen MR) is 99.2 cm³/mol. The van der Waals surface area contributed by atoms with E-state index in [1.807, 2.05) is 6.07 Å². The number of nitrogens with one attached hydrogen (secondary N) is 1. The molecule has 1 aromatic rings. The van der Waals surface area contributed by atoms with Gasteiger partial charge in [-0.2, -0.15) is 0 Å². The largest absolute Gasteiger partial charge is 0.345 e. The van der Waals surface area contributed by atoms with E-state index in [9.17, 15) is 18.8 Å². The predicted octanol–water partition coefficient (Wildman–Crippen LogP) is 2.74. The molecule has 0 spiro atoms. The zero-order chi connectivity index (χ0) is 19.5. The van der Waals surface area contributed by atoms with Crippen molar-refractivity contribution in [2.75, 3.05) is 6.54 Å². The first-order chi connectivity index (χ1) is 13.5. The maximum atomic E-state index is 13.8. The molecule has 3 amide bonds. The summed E-state index contributed by atoms with van der Waals surface area (Å²) in [5, 5.41) is 3.06. The molecular formula is C22H25FN2O3. The van der Waals surface area contributed by atoms with E-state index in [0.29, 0.717) is 11.8 Å². The molecule has 148 valence electrons. The van der Waals surface area contributed by atoms with Crippen LogP contribution >= 0.6 is 0 Å². The van der Waals surface area contributed by atoms with Crippen LogP contribution in [0.4, 0.5) is 4.39 Å². The number of carbonyl (C=O) groups is 3. The minimum atomic E-state index is -0.611. The van der Waals surface area contributed by atoms with Crippen LogP contribution in [0.5, 0.6) is 0 Å². The molecule has 4 unspecified atom stereocenters. The monoisotopic (exact) mass is 384 g/mol. The first-order valence-electron chi connectivity index (χ1n) is 10.4. The Morgan fingerprint density at radius 3 is 2.36 bits per heavy atom. The Morgan fingerprint density at radius 2 is 1.75 bits per heavy atom.